The lowest BCUT2D eigenvalue weighted by Gasteiger charge is -2.32. The highest BCUT2D eigenvalue weighted by Gasteiger charge is 2.53. The molecule has 4 aromatic rings. The first-order valence-corrected chi connectivity index (χ1v) is 16.0. The Morgan fingerprint density at radius 3 is 2.44 bits per heavy atom. The van der Waals surface area contributed by atoms with Gasteiger partial charge in [-0.1, -0.05) is 36.4 Å². The average Bonchev–Trinajstić information content (AvgIpc) is 3.85. The lowest BCUT2D eigenvalue weighted by atomic mass is 9.77. The number of rotatable bonds is 6. The highest BCUT2D eigenvalue weighted by Crippen LogP contribution is 2.56. The Kier molecular flexibility index (Phi) is 6.45. The fourth-order valence-corrected chi connectivity index (χ4v) is 7.91. The van der Waals surface area contributed by atoms with E-state index in [1.54, 1.807) is 12.4 Å². The summed E-state index contributed by atoms with van der Waals surface area (Å²) >= 11 is 0. The Morgan fingerprint density at radius 2 is 1.69 bits per heavy atom. The Bertz CT molecular complexity index is 1820. The van der Waals surface area contributed by atoms with Crippen LogP contribution in [0, 0.1) is 17.8 Å². The third-order valence-electron chi connectivity index (χ3n) is 11.0. The number of aromatic nitrogens is 3. The van der Waals surface area contributed by atoms with Crippen LogP contribution in [-0.4, -0.2) is 45.0 Å². The van der Waals surface area contributed by atoms with Crippen LogP contribution in [0.15, 0.2) is 67.1 Å². The van der Waals surface area contributed by atoms with Gasteiger partial charge in [0.15, 0.2) is 5.78 Å². The maximum absolute atomic E-state index is 13.7. The number of aromatic amines is 1. The van der Waals surface area contributed by atoms with E-state index in [0.717, 1.165) is 58.5 Å². The number of amides is 1. The molecule has 8 rings (SSSR count). The number of nitrogens with one attached hydrogen (secondary N) is 2. The van der Waals surface area contributed by atoms with Crippen molar-refractivity contribution in [2.75, 3.05) is 0 Å². The van der Waals surface area contributed by atoms with E-state index in [2.05, 4.69) is 15.3 Å². The van der Waals surface area contributed by atoms with Gasteiger partial charge in [-0.05, 0) is 93.1 Å². The highest BCUT2D eigenvalue weighted by molar-refractivity contribution is 6.62. The third kappa shape index (κ3) is 4.58. The maximum Gasteiger partial charge on any atom is 0.494 e. The number of hydrogen-bond acceptors (Lipinski definition) is 6. The molecular weight excluding hydrogens is 563 g/mol. The largest absolute Gasteiger partial charge is 0.494 e. The zero-order chi connectivity index (χ0) is 31.1. The van der Waals surface area contributed by atoms with Gasteiger partial charge in [0.1, 0.15) is 5.82 Å². The summed E-state index contributed by atoms with van der Waals surface area (Å²) in [5.74, 6) is 1.72. The summed E-state index contributed by atoms with van der Waals surface area (Å²) in [7, 11) is -0.525. The number of pyridine rings is 1. The zero-order valence-corrected chi connectivity index (χ0v) is 26.1. The Balaban J connectivity index is 1.03. The van der Waals surface area contributed by atoms with Crippen LogP contribution >= 0.6 is 0 Å². The minimum absolute atomic E-state index is 0.00147. The number of hydrogen-bond donors (Lipinski definition) is 2. The van der Waals surface area contributed by atoms with Crippen LogP contribution < -0.4 is 10.8 Å². The second-order valence-corrected chi connectivity index (χ2v) is 14.1. The van der Waals surface area contributed by atoms with E-state index in [9.17, 15) is 9.59 Å². The molecule has 2 aromatic carbocycles. The molecule has 3 fully saturated rings. The van der Waals surface area contributed by atoms with E-state index < -0.39 is 18.3 Å². The number of carbonyl (C=O) groups is 2. The number of imidazole rings is 1. The van der Waals surface area contributed by atoms with Gasteiger partial charge in [0, 0.05) is 41.5 Å². The summed E-state index contributed by atoms with van der Waals surface area (Å²) < 4.78 is 12.5. The van der Waals surface area contributed by atoms with E-state index in [1.807, 2.05) is 82.4 Å². The van der Waals surface area contributed by atoms with Crippen molar-refractivity contribution in [2.24, 2.45) is 17.8 Å². The summed E-state index contributed by atoms with van der Waals surface area (Å²) in [5, 5.41) is 3.16. The lowest BCUT2D eigenvalue weighted by Crippen LogP contribution is -2.41. The Hall–Kier alpha value is -4.08. The standard InChI is InChI=1S/C36H37BN4O4/c1-35(2)36(3,4)45-37(44-35)24-10-12-26-25-11-9-21(15-27(25)32(42)28(26)16-24)29-19-39-33(41-29)30-22-7-8-23(14-22)31(30)34(43)40-18-20-6-5-13-38-17-20/h5-6,9-13,15-17,19,22-23,30-31H,7-8,14,18H2,1-4H3,(H,39,41)(H,40,43)/t22?,23?,30-,31?/m1/s1. The monoisotopic (exact) mass is 600 g/mol. The van der Waals surface area contributed by atoms with E-state index in [-0.39, 0.29) is 23.5 Å². The van der Waals surface area contributed by atoms with Gasteiger partial charge < -0.3 is 19.6 Å². The lowest BCUT2D eigenvalue weighted by molar-refractivity contribution is -0.127. The molecule has 4 atom stereocenters. The van der Waals surface area contributed by atoms with Crippen molar-refractivity contribution in [1.82, 2.24) is 20.3 Å². The zero-order valence-electron chi connectivity index (χ0n) is 26.1. The topological polar surface area (TPSA) is 106 Å². The van der Waals surface area contributed by atoms with Gasteiger partial charge >= 0.3 is 7.12 Å². The molecule has 228 valence electrons. The van der Waals surface area contributed by atoms with Gasteiger partial charge in [0.2, 0.25) is 5.91 Å². The number of nitrogens with zero attached hydrogens (tertiary/aromatic N) is 2. The van der Waals surface area contributed by atoms with Crippen molar-refractivity contribution in [1.29, 1.82) is 0 Å². The molecule has 3 aliphatic carbocycles. The first-order valence-electron chi connectivity index (χ1n) is 16.0. The van der Waals surface area contributed by atoms with Crippen molar-refractivity contribution < 1.29 is 18.9 Å². The molecule has 2 bridgehead atoms. The SMILES string of the molecule is CC1(C)OB(c2ccc3c(c2)C(=O)c2cc(-c4cnc([C@@H]5C6CCC(C6)C5C(=O)NCc5cccnc5)[nH]4)ccc2-3)OC1(C)C. The summed E-state index contributed by atoms with van der Waals surface area (Å²) in [6.07, 6.45) is 8.64. The van der Waals surface area contributed by atoms with Gasteiger partial charge in [-0.3, -0.25) is 14.6 Å². The summed E-state index contributed by atoms with van der Waals surface area (Å²) in [5.41, 5.74) is 5.88. The first-order chi connectivity index (χ1) is 21.6. The van der Waals surface area contributed by atoms with Crippen LogP contribution in [0.4, 0.5) is 0 Å². The molecular formula is C36H37BN4O4. The predicted molar refractivity (Wildman–Crippen MR) is 172 cm³/mol. The molecule has 9 heteroatoms. The van der Waals surface area contributed by atoms with Crippen molar-refractivity contribution in [3.05, 3.63) is 89.6 Å². The Labute approximate surface area is 263 Å². The van der Waals surface area contributed by atoms with Crippen LogP contribution in [-0.2, 0) is 20.6 Å². The quantitative estimate of drug-likeness (QED) is 0.252. The van der Waals surface area contributed by atoms with E-state index in [1.165, 1.54) is 0 Å². The highest BCUT2D eigenvalue weighted by atomic mass is 16.7. The molecule has 1 aliphatic heterocycles. The number of fused-ring (bicyclic) bond motifs is 5. The molecule has 1 saturated heterocycles. The maximum atomic E-state index is 13.7. The van der Waals surface area contributed by atoms with Crippen LogP contribution in [0.2, 0.25) is 0 Å². The fourth-order valence-electron chi connectivity index (χ4n) is 7.91. The molecule has 0 spiro atoms. The minimum atomic E-state index is -0.525. The van der Waals surface area contributed by atoms with Gasteiger partial charge in [-0.25, -0.2) is 4.98 Å². The molecule has 3 heterocycles. The summed E-state index contributed by atoms with van der Waals surface area (Å²) in [6.45, 7) is 8.58. The molecule has 2 saturated carbocycles. The van der Waals surface area contributed by atoms with Crippen molar-refractivity contribution >= 4 is 24.3 Å². The van der Waals surface area contributed by atoms with Crippen molar-refractivity contribution in [2.45, 2.75) is 70.6 Å². The molecule has 0 radical (unpaired) electrons. The van der Waals surface area contributed by atoms with Gasteiger partial charge in [-0.15, -0.1) is 0 Å². The van der Waals surface area contributed by atoms with Gasteiger partial charge in [-0.2, -0.15) is 0 Å². The van der Waals surface area contributed by atoms with E-state index in [0.29, 0.717) is 29.5 Å². The smallest absolute Gasteiger partial charge is 0.399 e. The molecule has 2 aromatic heterocycles. The number of carbonyl (C=O) groups excluding carboxylic acids is 2. The van der Waals surface area contributed by atoms with E-state index in [4.69, 9.17) is 14.3 Å². The first kappa shape index (κ1) is 28.4. The molecule has 45 heavy (non-hydrogen) atoms. The van der Waals surface area contributed by atoms with Crippen LogP contribution in [0.5, 0.6) is 0 Å². The summed E-state index contributed by atoms with van der Waals surface area (Å²) in [4.78, 5) is 39.7. The van der Waals surface area contributed by atoms with Crippen molar-refractivity contribution in [3.8, 4) is 22.4 Å². The average molecular weight is 601 g/mol. The fraction of sp³-hybridized carbons (Fsp3) is 0.389. The molecule has 3 unspecified atom stereocenters. The third-order valence-corrected chi connectivity index (χ3v) is 11.0. The number of ketones is 1. The van der Waals surface area contributed by atoms with Crippen LogP contribution in [0.1, 0.15) is 80.2 Å². The van der Waals surface area contributed by atoms with Gasteiger partial charge in [0.05, 0.1) is 29.0 Å². The predicted octanol–water partition coefficient (Wildman–Crippen LogP) is 5.43. The second kappa shape index (κ2) is 10.2. The Morgan fingerprint density at radius 1 is 0.956 bits per heavy atom. The van der Waals surface area contributed by atoms with Crippen molar-refractivity contribution in [3.63, 3.8) is 0 Å². The van der Waals surface area contributed by atoms with Crippen LogP contribution in [0.3, 0.4) is 0 Å². The van der Waals surface area contributed by atoms with Crippen LogP contribution in [0.25, 0.3) is 22.4 Å². The second-order valence-electron chi connectivity index (χ2n) is 14.1. The summed E-state index contributed by atoms with van der Waals surface area (Å²) in [6, 6.07) is 15.8. The van der Waals surface area contributed by atoms with E-state index >= 15 is 0 Å². The number of H-pyrrole nitrogens is 1. The normalized spacial score (nSPS) is 25.4. The van der Waals surface area contributed by atoms with Gasteiger partial charge in [0.25, 0.3) is 0 Å². The minimum Gasteiger partial charge on any atom is -0.399 e. The molecule has 8 nitrogen and oxygen atoms in total. The molecule has 2 N–H and O–H groups in total. The molecule has 1 amide bonds. The molecule has 4 aliphatic rings. The number of benzene rings is 2.